The number of oxime groups is 1. The van der Waals surface area contributed by atoms with Crippen LogP contribution in [0.1, 0.15) is 44.1 Å². The summed E-state index contributed by atoms with van der Waals surface area (Å²) in [6.45, 7) is 1.19. The number of hydrogen-bond donors (Lipinski definition) is 1. The van der Waals surface area contributed by atoms with E-state index >= 15 is 0 Å². The highest BCUT2D eigenvalue weighted by atomic mass is 79.9. The summed E-state index contributed by atoms with van der Waals surface area (Å²) in [5.41, 5.74) is 1.87. The molecule has 0 saturated heterocycles. The second-order valence-electron chi connectivity index (χ2n) is 5.17. The maximum atomic E-state index is 10.4. The molecule has 22 heavy (non-hydrogen) atoms. The van der Waals surface area contributed by atoms with Crippen molar-refractivity contribution in [3.8, 4) is 5.75 Å². The van der Waals surface area contributed by atoms with Crippen molar-refractivity contribution in [2.75, 3.05) is 13.2 Å². The average molecular weight is 370 g/mol. The van der Waals surface area contributed by atoms with Gasteiger partial charge in [-0.2, -0.15) is 0 Å². The van der Waals surface area contributed by atoms with Gasteiger partial charge in [0, 0.05) is 16.5 Å². The minimum Gasteiger partial charge on any atom is -0.493 e. The van der Waals surface area contributed by atoms with E-state index in [1.807, 2.05) is 18.2 Å². The molecule has 1 aromatic rings. The summed E-state index contributed by atoms with van der Waals surface area (Å²) in [4.78, 5) is 15.8. The maximum Gasteiger partial charge on any atom is 0.303 e. The van der Waals surface area contributed by atoms with E-state index < -0.39 is 5.97 Å². The molecule has 0 atom stereocenters. The van der Waals surface area contributed by atoms with E-state index in [2.05, 4.69) is 21.1 Å². The summed E-state index contributed by atoms with van der Waals surface area (Å²) in [5, 5.41) is 12.8. The minimum absolute atomic E-state index is 0.216. The van der Waals surface area contributed by atoms with Crippen LogP contribution in [-0.2, 0) is 9.63 Å². The zero-order valence-corrected chi connectivity index (χ0v) is 14.0. The Labute approximate surface area is 138 Å². The fourth-order valence-corrected chi connectivity index (χ4v) is 2.61. The highest BCUT2D eigenvalue weighted by Crippen LogP contribution is 2.27. The molecule has 0 unspecified atom stereocenters. The Morgan fingerprint density at radius 1 is 1.36 bits per heavy atom. The van der Waals surface area contributed by atoms with E-state index in [-0.39, 0.29) is 6.42 Å². The summed E-state index contributed by atoms with van der Waals surface area (Å²) in [5.74, 6) is 0.0892. The third-order valence-corrected chi connectivity index (χ3v) is 3.86. The van der Waals surface area contributed by atoms with Crippen LogP contribution in [-0.4, -0.2) is 30.0 Å². The molecule has 0 radical (unpaired) electrons. The predicted molar refractivity (Wildman–Crippen MR) is 87.5 cm³/mol. The van der Waals surface area contributed by atoms with Gasteiger partial charge in [-0.1, -0.05) is 21.1 Å². The lowest BCUT2D eigenvalue weighted by Gasteiger charge is -2.08. The highest BCUT2D eigenvalue weighted by molar-refractivity contribution is 9.10. The summed E-state index contributed by atoms with van der Waals surface area (Å²) in [6.07, 6.45) is 4.27. The first-order valence-corrected chi connectivity index (χ1v) is 8.29. The molecule has 120 valence electrons. The largest absolute Gasteiger partial charge is 0.493 e. The SMILES string of the molecule is O=C(O)CCCCCON=C1CCCOc2ccc(Br)cc21. The molecular formula is C16H20BrNO4. The van der Waals surface area contributed by atoms with Gasteiger partial charge in [0.25, 0.3) is 0 Å². The molecule has 1 aromatic carbocycles. The van der Waals surface area contributed by atoms with Crippen LogP contribution in [0.4, 0.5) is 0 Å². The number of carboxylic acids is 1. The van der Waals surface area contributed by atoms with E-state index in [4.69, 9.17) is 14.7 Å². The van der Waals surface area contributed by atoms with Gasteiger partial charge in [0.15, 0.2) is 0 Å². The zero-order chi connectivity index (χ0) is 15.8. The standard InChI is InChI=1S/C16H20BrNO4/c17-12-7-8-15-13(11-12)14(5-4-9-21-15)18-22-10-3-1-2-6-16(19)20/h7-8,11H,1-6,9-10H2,(H,19,20). The number of fused-ring (bicyclic) bond motifs is 1. The Hall–Kier alpha value is -1.56. The van der Waals surface area contributed by atoms with Crippen LogP contribution in [0.2, 0.25) is 0 Å². The first-order chi connectivity index (χ1) is 10.7. The molecule has 1 N–H and O–H groups in total. The molecule has 0 saturated carbocycles. The van der Waals surface area contributed by atoms with Crippen LogP contribution in [0.3, 0.4) is 0 Å². The van der Waals surface area contributed by atoms with E-state index in [1.165, 1.54) is 0 Å². The molecule has 0 aromatic heterocycles. The fourth-order valence-electron chi connectivity index (χ4n) is 2.25. The Morgan fingerprint density at radius 3 is 3.05 bits per heavy atom. The number of halogens is 1. The van der Waals surface area contributed by atoms with Crippen molar-refractivity contribution in [2.24, 2.45) is 5.16 Å². The predicted octanol–water partition coefficient (Wildman–Crippen LogP) is 3.99. The molecule has 0 fully saturated rings. The monoisotopic (exact) mass is 369 g/mol. The number of hydrogen-bond acceptors (Lipinski definition) is 4. The lowest BCUT2D eigenvalue weighted by molar-refractivity contribution is -0.137. The maximum absolute atomic E-state index is 10.4. The minimum atomic E-state index is -0.748. The van der Waals surface area contributed by atoms with Crippen LogP contribution in [0.25, 0.3) is 0 Å². The normalized spacial score (nSPS) is 15.8. The Balaban J connectivity index is 1.86. The number of nitrogens with zero attached hydrogens (tertiary/aromatic N) is 1. The van der Waals surface area contributed by atoms with Crippen LogP contribution in [0.5, 0.6) is 5.75 Å². The number of unbranched alkanes of at least 4 members (excludes halogenated alkanes) is 2. The third-order valence-electron chi connectivity index (χ3n) is 3.37. The van der Waals surface area contributed by atoms with Crippen molar-refractivity contribution in [3.05, 3.63) is 28.2 Å². The van der Waals surface area contributed by atoms with Crippen molar-refractivity contribution in [3.63, 3.8) is 0 Å². The van der Waals surface area contributed by atoms with Gasteiger partial charge in [-0.15, -0.1) is 0 Å². The molecule has 0 amide bonds. The lowest BCUT2D eigenvalue weighted by atomic mass is 10.1. The molecule has 5 nitrogen and oxygen atoms in total. The number of benzene rings is 1. The zero-order valence-electron chi connectivity index (χ0n) is 12.4. The summed E-state index contributed by atoms with van der Waals surface area (Å²) < 4.78 is 6.69. The summed E-state index contributed by atoms with van der Waals surface area (Å²) in [6, 6.07) is 5.88. The molecule has 1 heterocycles. The number of ether oxygens (including phenoxy) is 1. The quantitative estimate of drug-likeness (QED) is 0.582. The van der Waals surface area contributed by atoms with Gasteiger partial charge in [-0.25, -0.2) is 0 Å². The number of aliphatic carboxylic acids is 1. The van der Waals surface area contributed by atoms with Crippen LogP contribution in [0, 0.1) is 0 Å². The molecular weight excluding hydrogens is 350 g/mol. The van der Waals surface area contributed by atoms with Crippen molar-refractivity contribution in [2.45, 2.75) is 38.5 Å². The van der Waals surface area contributed by atoms with Gasteiger partial charge in [-0.05, 0) is 50.3 Å². The molecule has 0 bridgehead atoms. The lowest BCUT2D eigenvalue weighted by Crippen LogP contribution is -2.02. The fraction of sp³-hybridized carbons (Fsp3) is 0.500. The first kappa shape index (κ1) is 16.8. The van der Waals surface area contributed by atoms with Crippen LogP contribution >= 0.6 is 15.9 Å². The third kappa shape index (κ3) is 5.33. The number of rotatable bonds is 7. The van der Waals surface area contributed by atoms with Gasteiger partial charge in [-0.3, -0.25) is 4.79 Å². The van der Waals surface area contributed by atoms with E-state index in [0.29, 0.717) is 19.6 Å². The van der Waals surface area contributed by atoms with Crippen LogP contribution < -0.4 is 4.74 Å². The van der Waals surface area contributed by atoms with Crippen molar-refractivity contribution < 1.29 is 19.5 Å². The second-order valence-corrected chi connectivity index (χ2v) is 6.08. The topological polar surface area (TPSA) is 68.1 Å². The van der Waals surface area contributed by atoms with E-state index in [0.717, 1.165) is 47.2 Å². The van der Waals surface area contributed by atoms with Crippen LogP contribution in [0.15, 0.2) is 27.8 Å². The van der Waals surface area contributed by atoms with E-state index in [9.17, 15) is 4.79 Å². The average Bonchev–Trinajstić information content (AvgIpc) is 2.68. The van der Waals surface area contributed by atoms with E-state index in [1.54, 1.807) is 0 Å². The van der Waals surface area contributed by atoms with Gasteiger partial charge in [0.05, 0.1) is 12.3 Å². The molecule has 1 aliphatic heterocycles. The Bertz CT molecular complexity index is 545. The molecule has 1 aliphatic rings. The Morgan fingerprint density at radius 2 is 2.23 bits per heavy atom. The number of carbonyl (C=O) groups is 1. The summed E-state index contributed by atoms with van der Waals surface area (Å²) in [7, 11) is 0. The van der Waals surface area contributed by atoms with Gasteiger partial charge in [0.1, 0.15) is 12.4 Å². The van der Waals surface area contributed by atoms with Crippen molar-refractivity contribution in [1.82, 2.24) is 0 Å². The van der Waals surface area contributed by atoms with Gasteiger partial charge >= 0.3 is 5.97 Å². The van der Waals surface area contributed by atoms with Crippen molar-refractivity contribution in [1.29, 1.82) is 0 Å². The summed E-state index contributed by atoms with van der Waals surface area (Å²) >= 11 is 3.47. The molecule has 2 rings (SSSR count). The van der Waals surface area contributed by atoms with Gasteiger partial charge < -0.3 is 14.7 Å². The second kappa shape index (κ2) is 8.78. The molecule has 6 heteroatoms. The number of carboxylic acid groups (broad SMARTS) is 1. The smallest absolute Gasteiger partial charge is 0.303 e. The van der Waals surface area contributed by atoms with Gasteiger partial charge in [0.2, 0.25) is 0 Å². The first-order valence-electron chi connectivity index (χ1n) is 7.50. The van der Waals surface area contributed by atoms with Crippen molar-refractivity contribution >= 4 is 27.6 Å². The molecule has 0 spiro atoms. The Kier molecular flexibility index (Phi) is 6.71. The molecule has 0 aliphatic carbocycles. The highest BCUT2D eigenvalue weighted by Gasteiger charge is 2.16.